The molecule has 0 bridgehead atoms. The smallest absolute Gasteiger partial charge is 0.410 e. The Bertz CT molecular complexity index is 942. The molecule has 1 atom stereocenters. The lowest BCUT2D eigenvalue weighted by molar-refractivity contribution is -0.385. The van der Waals surface area contributed by atoms with Crippen LogP contribution in [0.5, 0.6) is 11.5 Å². The van der Waals surface area contributed by atoms with Gasteiger partial charge in [-0.2, -0.15) is 0 Å². The lowest BCUT2D eigenvalue weighted by atomic mass is 10.0. The third-order valence-electron chi connectivity index (χ3n) is 5.34. The Morgan fingerprint density at radius 1 is 1.12 bits per heavy atom. The first-order valence-corrected chi connectivity index (χ1v) is 11.3. The van der Waals surface area contributed by atoms with Gasteiger partial charge in [0.15, 0.2) is 0 Å². The maximum absolute atomic E-state index is 12.6. The predicted molar refractivity (Wildman–Crippen MR) is 125 cm³/mol. The summed E-state index contributed by atoms with van der Waals surface area (Å²) in [7, 11) is 0. The van der Waals surface area contributed by atoms with E-state index in [1.807, 2.05) is 51.1 Å². The zero-order valence-electron chi connectivity index (χ0n) is 19.5. The number of hydrogen-bond donors (Lipinski definition) is 0. The standard InChI is InChI=1S/C25H32N2O6/c1-25(2,3)33-24(28)26-15-8-7-11-20(26)14-16-31-23-17-21(12-13-22(23)27(29)30)32-18-19-9-5-4-6-10-19/h4-6,9-10,12-13,17,20H,7-8,11,14-16,18H2,1-3H3. The van der Waals surface area contributed by atoms with Crippen LogP contribution >= 0.6 is 0 Å². The Morgan fingerprint density at radius 3 is 2.58 bits per heavy atom. The van der Waals surface area contributed by atoms with Crippen LogP contribution in [-0.2, 0) is 11.3 Å². The summed E-state index contributed by atoms with van der Waals surface area (Å²) >= 11 is 0. The summed E-state index contributed by atoms with van der Waals surface area (Å²) in [6, 6.07) is 14.2. The second kappa shape index (κ2) is 11.0. The van der Waals surface area contributed by atoms with Gasteiger partial charge in [-0.05, 0) is 51.7 Å². The van der Waals surface area contributed by atoms with E-state index in [-0.39, 0.29) is 30.2 Å². The molecule has 0 N–H and O–H groups in total. The van der Waals surface area contributed by atoms with Crippen molar-refractivity contribution in [3.05, 3.63) is 64.2 Å². The SMILES string of the molecule is CC(C)(C)OC(=O)N1CCCCC1CCOc1cc(OCc2ccccc2)ccc1[N+](=O)[O-]. The number of hydrogen-bond acceptors (Lipinski definition) is 6. The van der Waals surface area contributed by atoms with Gasteiger partial charge in [-0.3, -0.25) is 10.1 Å². The van der Waals surface area contributed by atoms with Crippen LogP contribution in [0, 0.1) is 10.1 Å². The molecule has 8 nitrogen and oxygen atoms in total. The highest BCUT2D eigenvalue weighted by Gasteiger charge is 2.30. The lowest BCUT2D eigenvalue weighted by Gasteiger charge is -2.36. The highest BCUT2D eigenvalue weighted by Crippen LogP contribution is 2.32. The molecule has 1 saturated heterocycles. The van der Waals surface area contributed by atoms with Gasteiger partial charge in [0.1, 0.15) is 18.0 Å². The minimum absolute atomic E-state index is 0.0230. The van der Waals surface area contributed by atoms with Crippen molar-refractivity contribution in [2.75, 3.05) is 13.2 Å². The number of nitro groups is 1. The molecule has 0 aromatic heterocycles. The molecule has 33 heavy (non-hydrogen) atoms. The highest BCUT2D eigenvalue weighted by molar-refractivity contribution is 5.68. The Kier molecular flexibility index (Phi) is 8.14. The monoisotopic (exact) mass is 456 g/mol. The van der Waals surface area contributed by atoms with Gasteiger partial charge in [-0.1, -0.05) is 30.3 Å². The van der Waals surface area contributed by atoms with Gasteiger partial charge in [-0.25, -0.2) is 4.79 Å². The molecule has 2 aromatic carbocycles. The van der Waals surface area contributed by atoms with Gasteiger partial charge in [0.05, 0.1) is 11.5 Å². The lowest BCUT2D eigenvalue weighted by Crippen LogP contribution is -2.46. The van der Waals surface area contributed by atoms with E-state index >= 15 is 0 Å². The molecular formula is C25H32N2O6. The molecule has 2 aromatic rings. The number of carbonyl (C=O) groups excluding carboxylic acids is 1. The van der Waals surface area contributed by atoms with Crippen LogP contribution in [0.1, 0.15) is 52.0 Å². The molecule has 3 rings (SSSR count). The predicted octanol–water partition coefficient (Wildman–Crippen LogP) is 5.73. The fourth-order valence-electron chi connectivity index (χ4n) is 3.76. The van der Waals surface area contributed by atoms with Crippen molar-refractivity contribution in [2.45, 2.75) is 64.7 Å². The molecular weight excluding hydrogens is 424 g/mol. The van der Waals surface area contributed by atoms with Gasteiger partial charge in [0.25, 0.3) is 0 Å². The first-order valence-electron chi connectivity index (χ1n) is 11.3. The third-order valence-corrected chi connectivity index (χ3v) is 5.34. The van der Waals surface area contributed by atoms with E-state index < -0.39 is 10.5 Å². The maximum atomic E-state index is 12.6. The van der Waals surface area contributed by atoms with Crippen molar-refractivity contribution in [1.29, 1.82) is 0 Å². The van der Waals surface area contributed by atoms with E-state index in [4.69, 9.17) is 14.2 Å². The quantitative estimate of drug-likeness (QED) is 0.372. The largest absolute Gasteiger partial charge is 0.489 e. The van der Waals surface area contributed by atoms with Crippen LogP contribution in [0.3, 0.4) is 0 Å². The topological polar surface area (TPSA) is 91.1 Å². The van der Waals surface area contributed by atoms with Crippen LogP contribution in [0.25, 0.3) is 0 Å². The van der Waals surface area contributed by atoms with Gasteiger partial charge in [-0.15, -0.1) is 0 Å². The Labute approximate surface area is 194 Å². The highest BCUT2D eigenvalue weighted by atomic mass is 16.6. The van der Waals surface area contributed by atoms with Crippen LogP contribution in [0.4, 0.5) is 10.5 Å². The number of piperidine rings is 1. The molecule has 1 aliphatic heterocycles. The summed E-state index contributed by atoms with van der Waals surface area (Å²) in [5.74, 6) is 0.651. The number of carbonyl (C=O) groups is 1. The van der Waals surface area contributed by atoms with Gasteiger partial charge >= 0.3 is 11.8 Å². The summed E-state index contributed by atoms with van der Waals surface area (Å²) in [5.41, 5.74) is 0.323. The molecule has 1 unspecified atom stereocenters. The summed E-state index contributed by atoms with van der Waals surface area (Å²) in [6.07, 6.45) is 3.04. The number of ether oxygens (including phenoxy) is 3. The third kappa shape index (κ3) is 7.37. The second-order valence-corrected chi connectivity index (χ2v) is 9.12. The van der Waals surface area contributed by atoms with Gasteiger partial charge in [0.2, 0.25) is 5.75 Å². The number of amides is 1. The fraction of sp³-hybridized carbons (Fsp3) is 0.480. The first kappa shape index (κ1) is 24.4. The van der Waals surface area contributed by atoms with Crippen molar-refractivity contribution >= 4 is 11.8 Å². The molecule has 1 amide bonds. The number of rotatable bonds is 8. The molecule has 0 saturated carbocycles. The molecule has 0 aliphatic carbocycles. The normalized spacial score (nSPS) is 16.2. The van der Waals surface area contributed by atoms with Crippen LogP contribution < -0.4 is 9.47 Å². The number of likely N-dealkylation sites (tertiary alicyclic amines) is 1. The summed E-state index contributed by atoms with van der Waals surface area (Å²) in [6.45, 7) is 6.78. The molecule has 0 spiro atoms. The van der Waals surface area contributed by atoms with Crippen LogP contribution in [0.2, 0.25) is 0 Å². The van der Waals surface area contributed by atoms with E-state index in [2.05, 4.69) is 0 Å². The van der Waals surface area contributed by atoms with Crippen LogP contribution in [-0.4, -0.2) is 40.7 Å². The van der Waals surface area contributed by atoms with Crippen molar-refractivity contribution in [3.8, 4) is 11.5 Å². The molecule has 1 aliphatic rings. The van der Waals surface area contributed by atoms with Gasteiger partial charge < -0.3 is 19.1 Å². The van der Waals surface area contributed by atoms with Crippen LogP contribution in [0.15, 0.2) is 48.5 Å². The second-order valence-electron chi connectivity index (χ2n) is 9.12. The van der Waals surface area contributed by atoms with E-state index in [0.29, 0.717) is 25.3 Å². The summed E-state index contributed by atoms with van der Waals surface area (Å²) in [4.78, 5) is 25.3. The Morgan fingerprint density at radius 2 is 1.88 bits per heavy atom. The van der Waals surface area contributed by atoms with E-state index in [1.54, 1.807) is 17.0 Å². The minimum atomic E-state index is -0.559. The maximum Gasteiger partial charge on any atom is 0.410 e. The summed E-state index contributed by atoms with van der Waals surface area (Å²) < 4.78 is 17.2. The Hall–Kier alpha value is -3.29. The van der Waals surface area contributed by atoms with Crippen molar-refractivity contribution in [2.24, 2.45) is 0 Å². The molecule has 1 heterocycles. The average Bonchev–Trinajstić information content (AvgIpc) is 2.77. The van der Waals surface area contributed by atoms with E-state index in [1.165, 1.54) is 6.07 Å². The van der Waals surface area contributed by atoms with Crippen molar-refractivity contribution in [3.63, 3.8) is 0 Å². The summed E-state index contributed by atoms with van der Waals surface area (Å²) in [5, 5.41) is 11.5. The number of benzene rings is 2. The molecule has 0 radical (unpaired) electrons. The molecule has 1 fully saturated rings. The number of nitro benzene ring substituents is 1. The van der Waals surface area contributed by atoms with E-state index in [9.17, 15) is 14.9 Å². The van der Waals surface area contributed by atoms with Crippen molar-refractivity contribution in [1.82, 2.24) is 4.90 Å². The Balaban J connectivity index is 1.62. The number of nitrogens with zero attached hydrogens (tertiary/aromatic N) is 2. The molecule has 8 heteroatoms. The first-order chi connectivity index (χ1) is 15.7. The minimum Gasteiger partial charge on any atom is -0.489 e. The van der Waals surface area contributed by atoms with Crippen molar-refractivity contribution < 1.29 is 23.9 Å². The van der Waals surface area contributed by atoms with E-state index in [0.717, 1.165) is 24.8 Å². The zero-order chi connectivity index (χ0) is 23.8. The molecule has 178 valence electrons. The van der Waals surface area contributed by atoms with Gasteiger partial charge in [0, 0.05) is 31.1 Å². The zero-order valence-corrected chi connectivity index (χ0v) is 19.5. The fourth-order valence-corrected chi connectivity index (χ4v) is 3.76. The average molecular weight is 457 g/mol.